The van der Waals surface area contributed by atoms with Gasteiger partial charge in [-0.05, 0) is 38.2 Å². The number of nitrogens with one attached hydrogen (secondary N) is 2. The van der Waals surface area contributed by atoms with Crippen LogP contribution in [0.4, 0.5) is 10.5 Å². The van der Waals surface area contributed by atoms with E-state index in [0.717, 1.165) is 17.7 Å². The molecule has 1 aliphatic carbocycles. The third kappa shape index (κ3) is 3.26. The van der Waals surface area contributed by atoms with E-state index in [9.17, 15) is 29.8 Å². The number of carbonyl (C=O) groups is 3. The summed E-state index contributed by atoms with van der Waals surface area (Å²) in [6.07, 6.45) is 1.66. The van der Waals surface area contributed by atoms with Gasteiger partial charge in [0.2, 0.25) is 5.91 Å². The lowest BCUT2D eigenvalue weighted by Crippen LogP contribution is -2.51. The maximum absolute atomic E-state index is 12.9. The molecule has 0 spiro atoms. The molecule has 10 nitrogen and oxygen atoms in total. The Bertz CT molecular complexity index is 921. The fourth-order valence-electron chi connectivity index (χ4n) is 3.32. The number of amides is 4. The summed E-state index contributed by atoms with van der Waals surface area (Å²) in [7, 11) is 0. The number of nitrogens with zero attached hydrogens (tertiary/aromatic N) is 3. The Morgan fingerprint density at radius 2 is 2.18 bits per heavy atom. The van der Waals surface area contributed by atoms with E-state index in [2.05, 4.69) is 16.7 Å². The molecule has 0 aromatic heterocycles. The molecule has 4 amide bonds. The molecule has 0 radical (unpaired) electrons. The molecule has 2 N–H and O–H groups in total. The Morgan fingerprint density at radius 1 is 1.50 bits per heavy atom. The molecule has 1 heterocycles. The van der Waals surface area contributed by atoms with E-state index in [-0.39, 0.29) is 17.2 Å². The number of benzene rings is 1. The Kier molecular flexibility index (Phi) is 4.54. The molecule has 1 saturated carbocycles. The molecule has 2 unspecified atom stereocenters. The summed E-state index contributed by atoms with van der Waals surface area (Å²) >= 11 is 0. The minimum Gasteiger partial charge on any atom is -0.336 e. The maximum Gasteiger partial charge on any atom is 0.325 e. The Labute approximate surface area is 160 Å². The highest BCUT2D eigenvalue weighted by molar-refractivity contribution is 6.09. The van der Waals surface area contributed by atoms with E-state index in [1.807, 2.05) is 0 Å². The first-order valence-electron chi connectivity index (χ1n) is 8.72. The van der Waals surface area contributed by atoms with Crippen LogP contribution in [0.1, 0.15) is 32.3 Å². The first kappa shape index (κ1) is 19.3. The van der Waals surface area contributed by atoms with Crippen molar-refractivity contribution in [3.05, 3.63) is 39.9 Å². The van der Waals surface area contributed by atoms with Gasteiger partial charge in [0.15, 0.2) is 0 Å². The first-order valence-corrected chi connectivity index (χ1v) is 8.72. The van der Waals surface area contributed by atoms with E-state index in [1.54, 1.807) is 6.92 Å². The lowest BCUT2D eigenvalue weighted by Gasteiger charge is -2.25. The van der Waals surface area contributed by atoms with Gasteiger partial charge in [0, 0.05) is 12.1 Å². The van der Waals surface area contributed by atoms with Gasteiger partial charge in [-0.25, -0.2) is 4.79 Å². The van der Waals surface area contributed by atoms with Crippen LogP contribution in [0.2, 0.25) is 0 Å². The third-order valence-electron chi connectivity index (χ3n) is 5.24. The topological polar surface area (TPSA) is 145 Å². The fourth-order valence-corrected chi connectivity index (χ4v) is 3.32. The van der Waals surface area contributed by atoms with Gasteiger partial charge in [-0.15, -0.1) is 0 Å². The van der Waals surface area contributed by atoms with Crippen molar-refractivity contribution in [2.45, 2.75) is 37.8 Å². The molecule has 1 aromatic carbocycles. The van der Waals surface area contributed by atoms with Crippen molar-refractivity contribution in [2.24, 2.45) is 5.92 Å². The minimum atomic E-state index is -1.53. The molecule has 146 valence electrons. The van der Waals surface area contributed by atoms with Gasteiger partial charge in [0.05, 0.1) is 11.0 Å². The van der Waals surface area contributed by atoms with Crippen molar-refractivity contribution in [2.75, 3.05) is 6.54 Å². The number of imide groups is 1. The number of nitro groups is 1. The number of hydrogen-bond acceptors (Lipinski definition) is 6. The second kappa shape index (κ2) is 6.60. The zero-order valence-corrected chi connectivity index (χ0v) is 15.4. The highest BCUT2D eigenvalue weighted by atomic mass is 16.6. The van der Waals surface area contributed by atoms with E-state index in [0.29, 0.717) is 0 Å². The van der Waals surface area contributed by atoms with E-state index >= 15 is 0 Å². The second-order valence-corrected chi connectivity index (χ2v) is 7.39. The van der Waals surface area contributed by atoms with Crippen LogP contribution in [0, 0.1) is 27.4 Å². The summed E-state index contributed by atoms with van der Waals surface area (Å²) in [5.74, 6) is -1.26. The number of carbonyl (C=O) groups excluding carboxylic acids is 3. The molecule has 0 bridgehead atoms. The molecule has 3 rings (SSSR count). The van der Waals surface area contributed by atoms with Gasteiger partial charge >= 0.3 is 6.03 Å². The van der Waals surface area contributed by atoms with Crippen LogP contribution in [0.15, 0.2) is 24.3 Å². The summed E-state index contributed by atoms with van der Waals surface area (Å²) < 4.78 is 0. The molecule has 10 heteroatoms. The zero-order valence-electron chi connectivity index (χ0n) is 15.4. The van der Waals surface area contributed by atoms with Crippen molar-refractivity contribution in [3.63, 3.8) is 0 Å². The monoisotopic (exact) mass is 385 g/mol. The predicted molar refractivity (Wildman–Crippen MR) is 95.6 cm³/mol. The molecule has 1 saturated heterocycles. The largest absolute Gasteiger partial charge is 0.336 e. The van der Waals surface area contributed by atoms with Crippen molar-refractivity contribution in [1.82, 2.24) is 15.5 Å². The SMILES string of the molecule is CC1(c2cccc([N+](=O)[O-])c2)NC(=O)N(CC(=O)NC(C)(C#N)C2CC2)C1=O. The molecule has 2 atom stereocenters. The fraction of sp³-hybridized carbons (Fsp3) is 0.444. The summed E-state index contributed by atoms with van der Waals surface area (Å²) in [5, 5.41) is 25.4. The van der Waals surface area contributed by atoms with Gasteiger partial charge in [-0.3, -0.25) is 24.6 Å². The van der Waals surface area contributed by atoms with Crippen molar-refractivity contribution in [1.29, 1.82) is 5.26 Å². The van der Waals surface area contributed by atoms with Gasteiger partial charge in [-0.2, -0.15) is 5.26 Å². The lowest BCUT2D eigenvalue weighted by molar-refractivity contribution is -0.385. The quantitative estimate of drug-likeness (QED) is 0.427. The van der Waals surface area contributed by atoms with Crippen LogP contribution in [0.5, 0.6) is 0 Å². The van der Waals surface area contributed by atoms with Gasteiger partial charge in [0.25, 0.3) is 11.6 Å². The van der Waals surface area contributed by atoms with Crippen LogP contribution in [-0.2, 0) is 15.1 Å². The predicted octanol–water partition coefficient (Wildman–Crippen LogP) is 1.17. The number of rotatable bonds is 6. The highest BCUT2D eigenvalue weighted by Crippen LogP contribution is 2.39. The second-order valence-electron chi connectivity index (χ2n) is 7.39. The molecule has 2 fully saturated rings. The van der Waals surface area contributed by atoms with Crippen LogP contribution >= 0.6 is 0 Å². The number of nitriles is 1. The molecular weight excluding hydrogens is 366 g/mol. The van der Waals surface area contributed by atoms with Gasteiger partial charge in [0.1, 0.15) is 17.6 Å². The van der Waals surface area contributed by atoms with Crippen molar-refractivity contribution >= 4 is 23.5 Å². The average molecular weight is 385 g/mol. The first-order chi connectivity index (χ1) is 13.1. The van der Waals surface area contributed by atoms with Crippen LogP contribution < -0.4 is 10.6 Å². The summed E-state index contributed by atoms with van der Waals surface area (Å²) in [5.41, 5.74) is -2.55. The number of non-ortho nitro benzene ring substituents is 1. The van der Waals surface area contributed by atoms with Gasteiger partial charge in [-0.1, -0.05) is 12.1 Å². The molecule has 1 aromatic rings. The minimum absolute atomic E-state index is 0.0553. The van der Waals surface area contributed by atoms with Crippen LogP contribution in [0.3, 0.4) is 0 Å². The standard InChI is InChI=1S/C18H19N5O5/c1-17(10-19,11-6-7-11)20-14(24)9-22-15(25)18(2,21-16(22)26)12-4-3-5-13(8-12)23(27)28/h3-5,8,11H,6-7,9H2,1-2H3,(H,20,24)(H,21,26). The summed E-state index contributed by atoms with van der Waals surface area (Å²) in [4.78, 5) is 48.7. The molecule has 1 aliphatic heterocycles. The van der Waals surface area contributed by atoms with Crippen LogP contribution in [0.25, 0.3) is 0 Å². The van der Waals surface area contributed by atoms with Crippen molar-refractivity contribution < 1.29 is 19.3 Å². The Morgan fingerprint density at radius 3 is 2.75 bits per heavy atom. The van der Waals surface area contributed by atoms with Crippen LogP contribution in [-0.4, -0.2) is 39.8 Å². The Balaban J connectivity index is 1.78. The number of nitro benzene ring substituents is 1. The summed E-state index contributed by atoms with van der Waals surface area (Å²) in [6, 6.07) is 6.70. The van der Waals surface area contributed by atoms with Crippen molar-refractivity contribution in [3.8, 4) is 6.07 Å². The van der Waals surface area contributed by atoms with E-state index < -0.39 is 40.4 Å². The molecular formula is C18H19N5O5. The molecule has 2 aliphatic rings. The van der Waals surface area contributed by atoms with Gasteiger partial charge < -0.3 is 10.6 Å². The molecule has 28 heavy (non-hydrogen) atoms. The smallest absolute Gasteiger partial charge is 0.325 e. The number of hydrogen-bond donors (Lipinski definition) is 2. The average Bonchev–Trinajstić information content (AvgIpc) is 3.48. The lowest BCUT2D eigenvalue weighted by atomic mass is 9.91. The number of urea groups is 1. The maximum atomic E-state index is 12.9. The van der Waals surface area contributed by atoms with E-state index in [1.165, 1.54) is 31.2 Å². The zero-order chi connectivity index (χ0) is 20.7. The third-order valence-corrected chi connectivity index (χ3v) is 5.24. The normalized spacial score (nSPS) is 23.5. The summed E-state index contributed by atoms with van der Waals surface area (Å²) in [6.45, 7) is 2.49. The Hall–Kier alpha value is -3.48. The highest BCUT2D eigenvalue weighted by Gasteiger charge is 2.50. The van der Waals surface area contributed by atoms with E-state index in [4.69, 9.17) is 0 Å².